The van der Waals surface area contributed by atoms with Crippen LogP contribution in [0.2, 0.25) is 0 Å². The minimum atomic E-state index is -1.26. The van der Waals surface area contributed by atoms with Gasteiger partial charge in [-0.15, -0.1) is 0 Å². The van der Waals surface area contributed by atoms with Gasteiger partial charge < -0.3 is 30.6 Å². The molecule has 1 aromatic carbocycles. The third-order valence-corrected chi connectivity index (χ3v) is 1.99. The van der Waals surface area contributed by atoms with E-state index in [1.54, 1.807) is 0 Å². The molecule has 0 aliphatic heterocycles. The molecule has 0 fully saturated rings. The molecule has 25 heavy (non-hydrogen) atoms. The second-order valence-corrected chi connectivity index (χ2v) is 4.23. The van der Waals surface area contributed by atoms with Crippen LogP contribution < -0.4 is 0 Å². The van der Waals surface area contributed by atoms with Gasteiger partial charge in [0.25, 0.3) is 0 Å². The molecule has 0 heterocycles. The summed E-state index contributed by atoms with van der Waals surface area (Å²) in [5, 5.41) is 48.6. The summed E-state index contributed by atoms with van der Waals surface area (Å²) < 4.78 is 0. The predicted molar refractivity (Wildman–Crippen MR) is 83.5 cm³/mol. The van der Waals surface area contributed by atoms with Crippen molar-refractivity contribution < 1.29 is 49.8 Å². The van der Waals surface area contributed by atoms with Crippen LogP contribution >= 0.6 is 0 Å². The second kappa shape index (κ2) is 13.2. The number of hydrogen-bond acceptors (Lipinski definition) is 6. The zero-order chi connectivity index (χ0) is 20.0. The topological polar surface area (TPSA) is 190 Å². The molecular weight excluding hydrogens is 340 g/mol. The van der Waals surface area contributed by atoms with E-state index in [0.29, 0.717) is 12.2 Å². The number of hydrogen-bond donors (Lipinski definition) is 6. The fraction of sp³-hybridized carbons (Fsp3) is 0.200. The van der Waals surface area contributed by atoms with Crippen molar-refractivity contribution >= 4 is 23.9 Å². The van der Waals surface area contributed by atoms with E-state index in [9.17, 15) is 19.2 Å². The van der Waals surface area contributed by atoms with Crippen molar-refractivity contribution in [2.45, 2.75) is 13.0 Å². The van der Waals surface area contributed by atoms with Crippen LogP contribution in [0, 0.1) is 0 Å². The van der Waals surface area contributed by atoms with Crippen LogP contribution in [-0.2, 0) is 9.59 Å². The Hall–Kier alpha value is -3.24. The highest BCUT2D eigenvalue weighted by Gasteiger charge is 2.06. The number of aliphatic carboxylic acids is 2. The standard InChI is InChI=1S/C8H6O4.C4H4O4.C3H8O2/c9-7(10)5-2-1-3-6(4-5)8(11)12;5-3(6)1-2-4(7)8;1-3(5)2-4/h1-4H,(H,9,10)(H,11,12);1-2H,(H,5,6)(H,7,8);3-5H,2H2,1H3. The number of aliphatic hydroxyl groups is 2. The number of carboxylic acids is 4. The largest absolute Gasteiger partial charge is 0.478 e. The van der Waals surface area contributed by atoms with Gasteiger partial charge in [-0.05, 0) is 25.1 Å². The molecule has 0 saturated carbocycles. The lowest BCUT2D eigenvalue weighted by Gasteiger charge is -1.95. The number of aromatic carboxylic acids is 2. The average molecular weight is 358 g/mol. The Bertz CT molecular complexity index is 573. The maximum Gasteiger partial charge on any atom is 0.335 e. The van der Waals surface area contributed by atoms with Crippen LogP contribution in [-0.4, -0.2) is 67.2 Å². The first-order valence-electron chi connectivity index (χ1n) is 6.50. The summed E-state index contributed by atoms with van der Waals surface area (Å²) >= 11 is 0. The van der Waals surface area contributed by atoms with Crippen LogP contribution in [0.1, 0.15) is 27.6 Å². The molecule has 10 heteroatoms. The zero-order valence-electron chi connectivity index (χ0n) is 13.1. The molecule has 1 atom stereocenters. The van der Waals surface area contributed by atoms with E-state index in [4.69, 9.17) is 30.6 Å². The van der Waals surface area contributed by atoms with Gasteiger partial charge in [0, 0.05) is 12.2 Å². The molecule has 0 radical (unpaired) electrons. The van der Waals surface area contributed by atoms with Gasteiger partial charge in [0.1, 0.15) is 0 Å². The first-order valence-corrected chi connectivity index (χ1v) is 6.50. The molecule has 0 spiro atoms. The highest BCUT2D eigenvalue weighted by atomic mass is 16.4. The van der Waals surface area contributed by atoms with Crippen molar-refractivity contribution in [2.75, 3.05) is 6.61 Å². The van der Waals surface area contributed by atoms with E-state index in [1.807, 2.05) is 0 Å². The number of aliphatic hydroxyl groups excluding tert-OH is 2. The zero-order valence-corrected chi connectivity index (χ0v) is 13.1. The Kier molecular flexibility index (Phi) is 12.7. The van der Waals surface area contributed by atoms with Gasteiger partial charge in [-0.3, -0.25) is 0 Å². The van der Waals surface area contributed by atoms with Gasteiger partial charge in [-0.25, -0.2) is 19.2 Å². The lowest BCUT2D eigenvalue weighted by atomic mass is 10.1. The van der Waals surface area contributed by atoms with Crippen LogP contribution in [0.5, 0.6) is 0 Å². The Morgan fingerprint density at radius 1 is 0.920 bits per heavy atom. The summed E-state index contributed by atoms with van der Waals surface area (Å²) in [7, 11) is 0. The number of benzene rings is 1. The smallest absolute Gasteiger partial charge is 0.335 e. The number of carbonyl (C=O) groups is 4. The highest BCUT2D eigenvalue weighted by Crippen LogP contribution is 2.04. The number of rotatable bonds is 5. The van der Waals surface area contributed by atoms with Crippen LogP contribution in [0.3, 0.4) is 0 Å². The van der Waals surface area contributed by atoms with Crippen molar-refractivity contribution in [2.24, 2.45) is 0 Å². The monoisotopic (exact) mass is 358 g/mol. The van der Waals surface area contributed by atoms with E-state index in [2.05, 4.69) is 0 Å². The Morgan fingerprint density at radius 3 is 1.44 bits per heavy atom. The minimum absolute atomic E-state index is 0.0186. The maximum atomic E-state index is 10.4. The SMILES string of the molecule is CC(O)CO.O=C(O)C=CC(=O)O.O=C(O)c1cccc(C(=O)O)c1. The van der Waals surface area contributed by atoms with Gasteiger partial charge >= 0.3 is 23.9 Å². The fourth-order valence-corrected chi connectivity index (χ4v) is 0.928. The normalized spacial score (nSPS) is 10.5. The molecule has 0 saturated heterocycles. The van der Waals surface area contributed by atoms with Gasteiger partial charge in [0.15, 0.2) is 0 Å². The fourth-order valence-electron chi connectivity index (χ4n) is 0.928. The maximum absolute atomic E-state index is 10.4. The molecular formula is C15H18O10. The molecule has 0 aromatic heterocycles. The van der Waals surface area contributed by atoms with Crippen LogP contribution in [0.25, 0.3) is 0 Å². The minimum Gasteiger partial charge on any atom is -0.478 e. The van der Waals surface area contributed by atoms with Crippen molar-refractivity contribution in [3.63, 3.8) is 0 Å². The lowest BCUT2D eigenvalue weighted by Crippen LogP contribution is -2.03. The summed E-state index contributed by atoms with van der Waals surface area (Å²) in [5.74, 6) is -4.77. The van der Waals surface area contributed by atoms with Gasteiger partial charge in [-0.2, -0.15) is 0 Å². The Morgan fingerprint density at radius 2 is 1.24 bits per heavy atom. The second-order valence-electron chi connectivity index (χ2n) is 4.23. The molecule has 10 nitrogen and oxygen atoms in total. The molecule has 1 aromatic rings. The van der Waals surface area contributed by atoms with Crippen LogP contribution in [0.4, 0.5) is 0 Å². The van der Waals surface area contributed by atoms with Gasteiger partial charge in [0.2, 0.25) is 0 Å². The van der Waals surface area contributed by atoms with E-state index in [0.717, 1.165) is 6.07 Å². The third-order valence-electron chi connectivity index (χ3n) is 1.99. The summed E-state index contributed by atoms with van der Waals surface area (Å²) in [6.07, 6.45) is 0.556. The molecule has 1 rings (SSSR count). The van der Waals surface area contributed by atoms with E-state index in [1.165, 1.54) is 25.1 Å². The van der Waals surface area contributed by atoms with Crippen molar-refractivity contribution in [1.29, 1.82) is 0 Å². The Labute approximate surface area is 141 Å². The molecule has 0 aliphatic rings. The third kappa shape index (κ3) is 15.4. The summed E-state index contributed by atoms with van der Waals surface area (Å²) in [5.41, 5.74) is -0.0372. The quantitative estimate of drug-likeness (QED) is 0.395. The summed E-state index contributed by atoms with van der Waals surface area (Å²) in [6.45, 7) is 1.39. The molecule has 1 unspecified atom stereocenters. The molecule has 138 valence electrons. The molecule has 0 bridgehead atoms. The highest BCUT2D eigenvalue weighted by molar-refractivity contribution is 5.93. The predicted octanol–water partition coefficient (Wildman–Crippen LogP) is 0.154. The van der Waals surface area contributed by atoms with Crippen LogP contribution in [0.15, 0.2) is 36.4 Å². The van der Waals surface area contributed by atoms with Crippen molar-refractivity contribution in [3.05, 3.63) is 47.5 Å². The van der Waals surface area contributed by atoms with Crippen molar-refractivity contribution in [1.82, 2.24) is 0 Å². The lowest BCUT2D eigenvalue weighted by molar-refractivity contribution is -0.134. The first-order chi connectivity index (χ1) is 11.5. The van der Waals surface area contributed by atoms with E-state index < -0.39 is 30.0 Å². The molecule has 0 aliphatic carbocycles. The summed E-state index contributed by atoms with van der Waals surface area (Å²) in [4.78, 5) is 39.9. The first kappa shape index (κ1) is 24.0. The average Bonchev–Trinajstić information content (AvgIpc) is 2.54. The van der Waals surface area contributed by atoms with Gasteiger partial charge in [0.05, 0.1) is 23.8 Å². The van der Waals surface area contributed by atoms with Gasteiger partial charge in [-0.1, -0.05) is 6.07 Å². The summed E-state index contributed by atoms with van der Waals surface area (Å²) in [6, 6.07) is 5.20. The molecule has 0 amide bonds. The van der Waals surface area contributed by atoms with E-state index in [-0.39, 0.29) is 17.7 Å². The Balaban J connectivity index is 0. The molecule has 6 N–H and O–H groups in total. The number of carboxylic acid groups (broad SMARTS) is 4. The van der Waals surface area contributed by atoms with E-state index >= 15 is 0 Å². The van der Waals surface area contributed by atoms with Crippen molar-refractivity contribution in [3.8, 4) is 0 Å².